The fraction of sp³-hybridized carbons (Fsp3) is 0.353. The number of amides is 1. The molecule has 0 saturated heterocycles. The van der Waals surface area contributed by atoms with E-state index in [1.165, 1.54) is 11.3 Å². The van der Waals surface area contributed by atoms with E-state index in [0.717, 1.165) is 32.2 Å². The number of hydrogen-bond donors (Lipinski definition) is 0. The highest BCUT2D eigenvalue weighted by molar-refractivity contribution is 9.10. The lowest BCUT2D eigenvalue weighted by Crippen LogP contribution is -2.30. The van der Waals surface area contributed by atoms with Crippen molar-refractivity contribution >= 4 is 65.0 Å². The fourth-order valence-electron chi connectivity index (χ4n) is 2.53. The van der Waals surface area contributed by atoms with E-state index in [4.69, 9.17) is 4.98 Å². The van der Waals surface area contributed by atoms with Crippen LogP contribution in [0, 0.1) is 0 Å². The van der Waals surface area contributed by atoms with Crippen molar-refractivity contribution in [2.24, 2.45) is 0 Å². The number of pyridine rings is 1. The summed E-state index contributed by atoms with van der Waals surface area (Å²) in [5.41, 5.74) is 0. The van der Waals surface area contributed by atoms with Gasteiger partial charge in [-0.05, 0) is 54.9 Å². The number of thiazole rings is 1. The van der Waals surface area contributed by atoms with E-state index < -0.39 is 0 Å². The van der Waals surface area contributed by atoms with Gasteiger partial charge < -0.3 is 4.90 Å². The summed E-state index contributed by atoms with van der Waals surface area (Å²) in [4.78, 5) is 27.5. The van der Waals surface area contributed by atoms with Gasteiger partial charge in [0.1, 0.15) is 10.6 Å². The summed E-state index contributed by atoms with van der Waals surface area (Å²) < 4.78 is 1.96. The zero-order valence-corrected chi connectivity index (χ0v) is 17.5. The highest BCUT2D eigenvalue weighted by Crippen LogP contribution is 2.35. The summed E-state index contributed by atoms with van der Waals surface area (Å²) in [5.74, 6) is 0.626. The fourth-order valence-corrected chi connectivity index (χ4v) is 5.05. The molecular weight excluding hydrogens is 420 g/mol. The van der Waals surface area contributed by atoms with Crippen molar-refractivity contribution in [2.75, 3.05) is 29.4 Å². The van der Waals surface area contributed by atoms with Gasteiger partial charge in [-0.25, -0.2) is 9.97 Å². The Bertz CT molecular complexity index is 839. The van der Waals surface area contributed by atoms with Crippen LogP contribution in [0.5, 0.6) is 0 Å². The molecule has 3 heterocycles. The minimum atomic E-state index is -0.0306. The summed E-state index contributed by atoms with van der Waals surface area (Å²) in [6, 6.07) is 5.69. The minimum Gasteiger partial charge on any atom is -0.349 e. The van der Waals surface area contributed by atoms with Gasteiger partial charge in [-0.1, -0.05) is 11.3 Å². The van der Waals surface area contributed by atoms with E-state index in [0.29, 0.717) is 17.2 Å². The van der Waals surface area contributed by atoms with Gasteiger partial charge >= 0.3 is 0 Å². The molecule has 0 radical (unpaired) electrons. The Morgan fingerprint density at radius 3 is 2.48 bits per heavy atom. The van der Waals surface area contributed by atoms with Crippen molar-refractivity contribution in [3.63, 3.8) is 0 Å². The third kappa shape index (κ3) is 3.70. The van der Waals surface area contributed by atoms with Crippen LogP contribution in [0.15, 0.2) is 28.9 Å². The smallest absolute Gasteiger partial charge is 0.269 e. The van der Waals surface area contributed by atoms with Crippen molar-refractivity contribution in [3.05, 3.63) is 33.7 Å². The average Bonchev–Trinajstić information content (AvgIpc) is 3.17. The SMILES string of the molecule is CCN(CC)c1nc2sc(C(=O)N(CC)c3ccc(Br)cn3)cc2s1. The van der Waals surface area contributed by atoms with Gasteiger partial charge in [-0.3, -0.25) is 9.69 Å². The van der Waals surface area contributed by atoms with Crippen LogP contribution in [0.25, 0.3) is 9.53 Å². The van der Waals surface area contributed by atoms with E-state index in [1.807, 2.05) is 25.1 Å². The van der Waals surface area contributed by atoms with Gasteiger partial charge in [0.25, 0.3) is 5.91 Å². The monoisotopic (exact) mass is 438 g/mol. The van der Waals surface area contributed by atoms with E-state index in [2.05, 4.69) is 39.7 Å². The third-order valence-corrected chi connectivity index (χ3v) is 6.55. The van der Waals surface area contributed by atoms with E-state index in [1.54, 1.807) is 22.4 Å². The van der Waals surface area contributed by atoms with Crippen molar-refractivity contribution in [1.29, 1.82) is 0 Å². The Morgan fingerprint density at radius 1 is 1.16 bits per heavy atom. The standard InChI is InChI=1S/C17H19BrN4OS2/c1-4-21(5-2)17-20-15-12(25-17)9-13(24-15)16(23)22(6-3)14-8-7-11(18)10-19-14/h7-10H,4-6H2,1-3H3. The van der Waals surface area contributed by atoms with E-state index in [-0.39, 0.29) is 5.91 Å². The number of anilines is 2. The van der Waals surface area contributed by atoms with Crippen LogP contribution in [0.4, 0.5) is 10.9 Å². The molecule has 132 valence electrons. The maximum absolute atomic E-state index is 12.9. The molecule has 3 rings (SSSR count). The summed E-state index contributed by atoms with van der Waals surface area (Å²) in [5, 5.41) is 1.02. The molecule has 0 spiro atoms. The number of halogens is 1. The van der Waals surface area contributed by atoms with Gasteiger partial charge in [0.15, 0.2) is 5.13 Å². The van der Waals surface area contributed by atoms with E-state index >= 15 is 0 Å². The van der Waals surface area contributed by atoms with Crippen molar-refractivity contribution in [1.82, 2.24) is 9.97 Å². The largest absolute Gasteiger partial charge is 0.349 e. The Labute approximate surface area is 163 Å². The molecule has 0 aliphatic heterocycles. The molecule has 3 aromatic heterocycles. The van der Waals surface area contributed by atoms with Gasteiger partial charge in [-0.15, -0.1) is 11.3 Å². The lowest BCUT2D eigenvalue weighted by atomic mass is 10.3. The molecule has 0 saturated carbocycles. The number of carbonyl (C=O) groups is 1. The van der Waals surface area contributed by atoms with Crippen LogP contribution in [-0.2, 0) is 0 Å². The maximum Gasteiger partial charge on any atom is 0.269 e. The predicted molar refractivity (Wildman–Crippen MR) is 110 cm³/mol. The summed E-state index contributed by atoms with van der Waals surface area (Å²) in [7, 11) is 0. The number of aromatic nitrogens is 2. The predicted octanol–water partition coefficient (Wildman–Crippen LogP) is 5.03. The van der Waals surface area contributed by atoms with Crippen LogP contribution >= 0.6 is 38.6 Å². The normalized spacial score (nSPS) is 11.0. The summed E-state index contributed by atoms with van der Waals surface area (Å²) >= 11 is 6.46. The molecule has 8 heteroatoms. The number of hydrogen-bond acceptors (Lipinski definition) is 6. The van der Waals surface area contributed by atoms with Gasteiger partial charge in [0, 0.05) is 30.3 Å². The zero-order valence-electron chi connectivity index (χ0n) is 14.3. The molecule has 0 bridgehead atoms. The first-order valence-electron chi connectivity index (χ1n) is 8.16. The van der Waals surface area contributed by atoms with Gasteiger partial charge in [0.05, 0.1) is 9.58 Å². The summed E-state index contributed by atoms with van der Waals surface area (Å²) in [6.07, 6.45) is 1.70. The Morgan fingerprint density at radius 2 is 1.92 bits per heavy atom. The highest BCUT2D eigenvalue weighted by atomic mass is 79.9. The molecule has 5 nitrogen and oxygen atoms in total. The van der Waals surface area contributed by atoms with Gasteiger partial charge in [-0.2, -0.15) is 0 Å². The quantitative estimate of drug-likeness (QED) is 0.541. The first-order chi connectivity index (χ1) is 12.1. The van der Waals surface area contributed by atoms with Crippen molar-refractivity contribution < 1.29 is 4.79 Å². The molecule has 0 aliphatic carbocycles. The summed E-state index contributed by atoms with van der Waals surface area (Å²) in [6.45, 7) is 8.63. The minimum absolute atomic E-state index is 0.0306. The Kier molecular flexibility index (Phi) is 5.71. The van der Waals surface area contributed by atoms with E-state index in [9.17, 15) is 4.79 Å². The number of nitrogens with zero attached hydrogens (tertiary/aromatic N) is 4. The lowest BCUT2D eigenvalue weighted by molar-refractivity contribution is 0.0991. The van der Waals surface area contributed by atoms with Crippen LogP contribution in [0.1, 0.15) is 30.4 Å². The average molecular weight is 439 g/mol. The van der Waals surface area contributed by atoms with Crippen LogP contribution in [-0.4, -0.2) is 35.5 Å². The lowest BCUT2D eigenvalue weighted by Gasteiger charge is -2.19. The second-order valence-corrected chi connectivity index (χ2v) is 8.29. The zero-order chi connectivity index (χ0) is 18.0. The van der Waals surface area contributed by atoms with Crippen LogP contribution in [0.2, 0.25) is 0 Å². The maximum atomic E-state index is 12.9. The molecule has 3 aromatic rings. The molecule has 1 amide bonds. The molecular formula is C17H19BrN4OS2. The number of fused-ring (bicyclic) bond motifs is 1. The first-order valence-corrected chi connectivity index (χ1v) is 10.6. The number of rotatable bonds is 6. The second-order valence-electron chi connectivity index (χ2n) is 5.33. The molecule has 0 unspecified atom stereocenters. The Balaban J connectivity index is 1.88. The van der Waals surface area contributed by atoms with Crippen molar-refractivity contribution in [2.45, 2.75) is 20.8 Å². The van der Waals surface area contributed by atoms with Gasteiger partial charge in [0.2, 0.25) is 0 Å². The molecule has 0 fully saturated rings. The number of thiophene rings is 1. The first kappa shape index (κ1) is 18.3. The molecule has 0 aliphatic rings. The topological polar surface area (TPSA) is 49.3 Å². The van der Waals surface area contributed by atoms with Crippen molar-refractivity contribution in [3.8, 4) is 0 Å². The number of carbonyl (C=O) groups excluding carboxylic acids is 1. The molecule has 25 heavy (non-hydrogen) atoms. The molecule has 0 atom stereocenters. The third-order valence-electron chi connectivity index (χ3n) is 3.87. The van der Waals surface area contributed by atoms with Crippen LogP contribution in [0.3, 0.4) is 0 Å². The highest BCUT2D eigenvalue weighted by Gasteiger charge is 2.21. The Hall–Kier alpha value is -1.51. The molecule has 0 N–H and O–H groups in total. The van der Waals surface area contributed by atoms with Crippen LogP contribution < -0.4 is 9.80 Å². The second kappa shape index (κ2) is 7.80. The molecule has 0 aromatic carbocycles.